The summed E-state index contributed by atoms with van der Waals surface area (Å²) in [5, 5.41) is 3.36. The molecule has 0 aliphatic carbocycles. The van der Waals surface area contributed by atoms with Crippen LogP contribution >= 0.6 is 0 Å². The lowest BCUT2D eigenvalue weighted by Crippen LogP contribution is -2.06. The smallest absolute Gasteiger partial charge is 0.379 e. The van der Waals surface area contributed by atoms with E-state index in [0.717, 1.165) is 12.1 Å². The lowest BCUT2D eigenvalue weighted by molar-refractivity contribution is 0.0508. The fraction of sp³-hybridized carbons (Fsp3) is 0.182. The van der Waals surface area contributed by atoms with Crippen molar-refractivity contribution in [2.75, 3.05) is 6.61 Å². The van der Waals surface area contributed by atoms with Gasteiger partial charge in [0.1, 0.15) is 11.6 Å². The molecule has 7 heteroatoms. The van der Waals surface area contributed by atoms with Crippen molar-refractivity contribution in [3.8, 4) is 11.5 Å². The normalized spacial score (nSPS) is 10.4. The monoisotopic (exact) mass is 254 g/mol. The zero-order chi connectivity index (χ0) is 13.1. The Kier molecular flexibility index (Phi) is 3.31. The van der Waals surface area contributed by atoms with E-state index in [4.69, 9.17) is 4.52 Å². The van der Waals surface area contributed by atoms with Gasteiger partial charge in [0.25, 0.3) is 11.7 Å². The van der Waals surface area contributed by atoms with Gasteiger partial charge in [-0.15, -0.1) is 0 Å². The van der Waals surface area contributed by atoms with Gasteiger partial charge in [-0.3, -0.25) is 0 Å². The van der Waals surface area contributed by atoms with Gasteiger partial charge < -0.3 is 9.26 Å². The summed E-state index contributed by atoms with van der Waals surface area (Å²) in [4.78, 5) is 15.0. The summed E-state index contributed by atoms with van der Waals surface area (Å²) in [6, 6.07) is 2.75. The number of hydrogen-bond acceptors (Lipinski definition) is 5. The molecule has 2 aromatic rings. The van der Waals surface area contributed by atoms with Crippen molar-refractivity contribution >= 4 is 5.97 Å². The maximum absolute atomic E-state index is 13.0. The molecule has 0 amide bonds. The number of carbonyl (C=O) groups excluding carboxylic acids is 1. The maximum Gasteiger partial charge on any atom is 0.379 e. The number of halogens is 2. The van der Waals surface area contributed by atoms with Gasteiger partial charge in [-0.1, -0.05) is 0 Å². The predicted octanol–water partition coefficient (Wildman–Crippen LogP) is 2.19. The van der Waals surface area contributed by atoms with Crippen LogP contribution in [0.1, 0.15) is 17.5 Å². The molecular weight excluding hydrogens is 246 g/mol. The first kappa shape index (κ1) is 12.2. The molecule has 0 saturated heterocycles. The Labute approximate surface area is 100 Å². The van der Waals surface area contributed by atoms with Crippen LogP contribution in [-0.2, 0) is 4.74 Å². The molecule has 0 bridgehead atoms. The Balaban J connectivity index is 2.32. The van der Waals surface area contributed by atoms with Crippen molar-refractivity contribution in [1.29, 1.82) is 0 Å². The van der Waals surface area contributed by atoms with Crippen LogP contribution in [0.25, 0.3) is 11.5 Å². The van der Waals surface area contributed by atoms with Crippen LogP contribution in [0.2, 0.25) is 0 Å². The Hall–Kier alpha value is -2.31. The summed E-state index contributed by atoms with van der Waals surface area (Å²) >= 11 is 0. The summed E-state index contributed by atoms with van der Waals surface area (Å²) in [5.74, 6) is -2.76. The summed E-state index contributed by atoms with van der Waals surface area (Å²) in [7, 11) is 0. The first-order valence-electron chi connectivity index (χ1n) is 5.07. The molecule has 1 aromatic heterocycles. The first-order chi connectivity index (χ1) is 8.60. The minimum atomic E-state index is -0.777. The minimum Gasteiger partial charge on any atom is -0.460 e. The minimum absolute atomic E-state index is 0.0514. The second kappa shape index (κ2) is 4.91. The van der Waals surface area contributed by atoms with E-state index in [9.17, 15) is 13.6 Å². The van der Waals surface area contributed by atoms with Crippen LogP contribution in [0.15, 0.2) is 22.7 Å². The second-order valence-corrected chi connectivity index (χ2v) is 3.30. The number of rotatable bonds is 3. The van der Waals surface area contributed by atoms with Gasteiger partial charge in [0.15, 0.2) is 0 Å². The highest BCUT2D eigenvalue weighted by Gasteiger charge is 2.17. The Morgan fingerprint density at radius 3 is 2.61 bits per heavy atom. The molecule has 94 valence electrons. The van der Waals surface area contributed by atoms with E-state index in [2.05, 4.69) is 14.9 Å². The molecule has 0 aliphatic rings. The van der Waals surface area contributed by atoms with Gasteiger partial charge in [0.05, 0.1) is 6.61 Å². The molecule has 0 fully saturated rings. The molecule has 0 aliphatic heterocycles. The molecule has 18 heavy (non-hydrogen) atoms. The third kappa shape index (κ3) is 2.50. The predicted molar refractivity (Wildman–Crippen MR) is 55.6 cm³/mol. The Bertz CT molecular complexity index is 563. The molecule has 1 heterocycles. The topological polar surface area (TPSA) is 65.2 Å². The fourth-order valence-corrected chi connectivity index (χ4v) is 1.30. The summed E-state index contributed by atoms with van der Waals surface area (Å²) in [6.45, 7) is 1.79. The van der Waals surface area contributed by atoms with Gasteiger partial charge >= 0.3 is 5.97 Å². The molecular formula is C11H8F2N2O3. The molecule has 2 rings (SSSR count). The average Bonchev–Trinajstić information content (AvgIpc) is 2.77. The molecule has 0 saturated carbocycles. The van der Waals surface area contributed by atoms with Crippen molar-refractivity contribution < 1.29 is 22.8 Å². The zero-order valence-electron chi connectivity index (χ0n) is 9.31. The lowest BCUT2D eigenvalue weighted by atomic mass is 10.2. The van der Waals surface area contributed by atoms with Crippen molar-refractivity contribution in [2.24, 2.45) is 0 Å². The number of aromatic nitrogens is 2. The van der Waals surface area contributed by atoms with Crippen molar-refractivity contribution in [1.82, 2.24) is 10.1 Å². The van der Waals surface area contributed by atoms with Crippen LogP contribution in [0.3, 0.4) is 0 Å². The quantitative estimate of drug-likeness (QED) is 0.785. The van der Waals surface area contributed by atoms with Gasteiger partial charge in [-0.25, -0.2) is 13.6 Å². The van der Waals surface area contributed by atoms with Crippen LogP contribution in [-0.4, -0.2) is 22.7 Å². The van der Waals surface area contributed by atoms with Crippen LogP contribution < -0.4 is 0 Å². The van der Waals surface area contributed by atoms with E-state index >= 15 is 0 Å². The van der Waals surface area contributed by atoms with Crippen molar-refractivity contribution in [2.45, 2.75) is 6.92 Å². The fourth-order valence-electron chi connectivity index (χ4n) is 1.30. The average molecular weight is 254 g/mol. The van der Waals surface area contributed by atoms with Gasteiger partial charge in [0, 0.05) is 11.6 Å². The molecule has 0 unspecified atom stereocenters. The standard InChI is InChI=1S/C11H8F2N2O3/c1-2-17-11(16)9-14-10(18-15-9)6-3-7(12)5-8(13)4-6/h3-5H,2H2,1H3. The molecule has 1 aromatic carbocycles. The van der Waals surface area contributed by atoms with E-state index in [1.807, 2.05) is 0 Å². The highest BCUT2D eigenvalue weighted by atomic mass is 19.1. The number of ether oxygens (including phenoxy) is 1. The van der Waals surface area contributed by atoms with E-state index in [1.54, 1.807) is 6.92 Å². The number of esters is 1. The molecule has 0 atom stereocenters. The summed E-state index contributed by atoms with van der Waals surface area (Å²) in [5.41, 5.74) is 0.0514. The Morgan fingerprint density at radius 2 is 2.00 bits per heavy atom. The van der Waals surface area contributed by atoms with E-state index < -0.39 is 17.6 Å². The number of hydrogen-bond donors (Lipinski definition) is 0. The number of carbonyl (C=O) groups is 1. The summed E-state index contributed by atoms with van der Waals surface area (Å²) < 4.78 is 35.3. The second-order valence-electron chi connectivity index (χ2n) is 3.30. The number of benzene rings is 1. The van der Waals surface area contributed by atoms with Crippen molar-refractivity contribution in [3.63, 3.8) is 0 Å². The molecule has 0 radical (unpaired) electrons. The third-order valence-corrected chi connectivity index (χ3v) is 1.99. The highest BCUT2D eigenvalue weighted by Crippen LogP contribution is 2.19. The third-order valence-electron chi connectivity index (χ3n) is 1.99. The van der Waals surface area contributed by atoms with E-state index in [-0.39, 0.29) is 23.9 Å². The van der Waals surface area contributed by atoms with Gasteiger partial charge in [-0.2, -0.15) is 4.98 Å². The van der Waals surface area contributed by atoms with Crippen LogP contribution in [0, 0.1) is 11.6 Å². The first-order valence-corrected chi connectivity index (χ1v) is 5.07. The molecule has 0 spiro atoms. The van der Waals surface area contributed by atoms with Crippen LogP contribution in [0.5, 0.6) is 0 Å². The molecule has 5 nitrogen and oxygen atoms in total. The molecule has 0 N–H and O–H groups in total. The summed E-state index contributed by atoms with van der Waals surface area (Å²) in [6.07, 6.45) is 0. The zero-order valence-corrected chi connectivity index (χ0v) is 9.31. The highest BCUT2D eigenvalue weighted by molar-refractivity contribution is 5.85. The van der Waals surface area contributed by atoms with Gasteiger partial charge in [0.2, 0.25) is 0 Å². The SMILES string of the molecule is CCOC(=O)c1noc(-c2cc(F)cc(F)c2)n1. The van der Waals surface area contributed by atoms with E-state index in [0.29, 0.717) is 6.07 Å². The lowest BCUT2D eigenvalue weighted by Gasteiger charge is -1.95. The largest absolute Gasteiger partial charge is 0.460 e. The van der Waals surface area contributed by atoms with Crippen molar-refractivity contribution in [3.05, 3.63) is 35.7 Å². The van der Waals surface area contributed by atoms with Crippen LogP contribution in [0.4, 0.5) is 8.78 Å². The van der Waals surface area contributed by atoms with E-state index in [1.165, 1.54) is 0 Å². The Morgan fingerprint density at radius 1 is 1.33 bits per heavy atom. The maximum atomic E-state index is 13.0. The number of nitrogens with zero attached hydrogens (tertiary/aromatic N) is 2. The van der Waals surface area contributed by atoms with Gasteiger partial charge in [-0.05, 0) is 24.2 Å².